The Kier molecular flexibility index (Phi) is 8.19. The maximum atomic E-state index is 12.5. The van der Waals surface area contributed by atoms with Crippen LogP contribution in [0.3, 0.4) is 0 Å². The van der Waals surface area contributed by atoms with Gasteiger partial charge in [0.2, 0.25) is 0 Å². The summed E-state index contributed by atoms with van der Waals surface area (Å²) in [6.45, 7) is 8.05. The molecule has 0 amide bonds. The average molecular weight is 382 g/mol. The molecule has 6 heteroatoms. The van der Waals surface area contributed by atoms with Gasteiger partial charge in [0.15, 0.2) is 0 Å². The molecule has 0 saturated heterocycles. The summed E-state index contributed by atoms with van der Waals surface area (Å²) in [5, 5.41) is 0. The summed E-state index contributed by atoms with van der Waals surface area (Å²) in [5.41, 5.74) is 0.117. The first-order chi connectivity index (χ1) is 11.6. The van der Waals surface area contributed by atoms with Gasteiger partial charge in [-0.05, 0) is 23.0 Å². The molecule has 2 aromatic rings. The molecule has 0 aliphatic heterocycles. The molecular weight excluding hydrogens is 358 g/mol. The molecule has 0 fully saturated rings. The van der Waals surface area contributed by atoms with E-state index in [0.717, 1.165) is 11.1 Å². The van der Waals surface area contributed by atoms with E-state index in [1.54, 1.807) is 24.3 Å². The van der Waals surface area contributed by atoms with Crippen molar-refractivity contribution in [3.63, 3.8) is 0 Å². The summed E-state index contributed by atoms with van der Waals surface area (Å²) in [4.78, 5) is 35.0. The van der Waals surface area contributed by atoms with Gasteiger partial charge in [-0.3, -0.25) is 14.2 Å². The molecule has 0 bridgehead atoms. The number of carbonyl (C=O) groups is 2. The van der Waals surface area contributed by atoms with Crippen molar-refractivity contribution in [2.24, 2.45) is 0 Å². The van der Waals surface area contributed by atoms with E-state index in [1.165, 1.54) is 24.3 Å². The number of hydrogen-bond acceptors (Lipinski definition) is 3. The topological polar surface area (TPSA) is 71.4 Å². The molecular formula is C20H24NaO4P. The minimum Gasteiger partial charge on any atom is -1.00 e. The van der Waals surface area contributed by atoms with E-state index in [-0.39, 0.29) is 53.9 Å². The summed E-state index contributed by atoms with van der Waals surface area (Å²) < 4.78 is 12.5. The third kappa shape index (κ3) is 5.03. The van der Waals surface area contributed by atoms with Gasteiger partial charge in [-0.1, -0.05) is 76.2 Å². The standard InChI is InChI=1S/C20H23O4P.Na.H/c1-13(2)15-5-9-17(10-6-15)19(21)25(23,24)20(22)18-11-7-16(8-12-18)14(3)4;;/h5-14H,1-4H3,(H,23,24);;/q;+1;-1. The maximum absolute atomic E-state index is 12.5. The van der Waals surface area contributed by atoms with Gasteiger partial charge in [0.25, 0.3) is 11.0 Å². The summed E-state index contributed by atoms with van der Waals surface area (Å²) in [6.07, 6.45) is 0. The number of rotatable bonds is 6. The first kappa shape index (κ1) is 23.0. The van der Waals surface area contributed by atoms with Crippen molar-refractivity contribution in [1.82, 2.24) is 0 Å². The van der Waals surface area contributed by atoms with Crippen LogP contribution in [0.4, 0.5) is 0 Å². The van der Waals surface area contributed by atoms with Crippen LogP contribution >= 0.6 is 7.37 Å². The summed E-state index contributed by atoms with van der Waals surface area (Å²) in [7, 11) is -4.67. The molecule has 0 radical (unpaired) electrons. The Morgan fingerprint density at radius 3 is 1.27 bits per heavy atom. The predicted molar refractivity (Wildman–Crippen MR) is 101 cm³/mol. The Bertz CT molecular complexity index is 763. The van der Waals surface area contributed by atoms with Crippen LogP contribution in [0.2, 0.25) is 0 Å². The second kappa shape index (κ2) is 9.25. The number of hydrogen-bond donors (Lipinski definition) is 1. The van der Waals surface area contributed by atoms with E-state index >= 15 is 0 Å². The van der Waals surface area contributed by atoms with E-state index < -0.39 is 18.4 Å². The first-order valence-electron chi connectivity index (χ1n) is 8.27. The number of benzene rings is 2. The van der Waals surface area contributed by atoms with Crippen molar-refractivity contribution in [2.75, 3.05) is 0 Å². The monoisotopic (exact) mass is 382 g/mol. The molecule has 26 heavy (non-hydrogen) atoms. The van der Waals surface area contributed by atoms with Crippen molar-refractivity contribution >= 4 is 18.4 Å². The zero-order valence-corrected chi connectivity index (χ0v) is 18.8. The van der Waals surface area contributed by atoms with Crippen LogP contribution in [0.1, 0.15) is 72.8 Å². The molecule has 2 aromatic carbocycles. The molecule has 0 atom stereocenters. The molecule has 0 saturated carbocycles. The van der Waals surface area contributed by atoms with E-state index in [9.17, 15) is 19.0 Å². The summed E-state index contributed by atoms with van der Waals surface area (Å²) in [6, 6.07) is 12.9. The smallest absolute Gasteiger partial charge is 1.00 e. The Morgan fingerprint density at radius 1 is 0.769 bits per heavy atom. The van der Waals surface area contributed by atoms with Crippen molar-refractivity contribution in [3.05, 3.63) is 70.8 Å². The fourth-order valence-electron chi connectivity index (χ4n) is 2.46. The van der Waals surface area contributed by atoms with Gasteiger partial charge in [-0.2, -0.15) is 0 Å². The Hall–Kier alpha value is -1.03. The zero-order chi connectivity index (χ0) is 18.8. The van der Waals surface area contributed by atoms with Gasteiger partial charge in [0, 0.05) is 11.1 Å². The van der Waals surface area contributed by atoms with Gasteiger partial charge in [0.1, 0.15) is 0 Å². The molecule has 4 nitrogen and oxygen atoms in total. The molecule has 0 aromatic heterocycles. The zero-order valence-electron chi connectivity index (χ0n) is 16.9. The van der Waals surface area contributed by atoms with Crippen molar-refractivity contribution in [3.8, 4) is 0 Å². The normalized spacial score (nSPS) is 11.3. The van der Waals surface area contributed by atoms with E-state index in [4.69, 9.17) is 0 Å². The fourth-order valence-corrected chi connectivity index (χ4v) is 3.65. The molecule has 0 unspecified atom stereocenters. The largest absolute Gasteiger partial charge is 1.00 e. The van der Waals surface area contributed by atoms with E-state index in [0.29, 0.717) is 0 Å². The van der Waals surface area contributed by atoms with Gasteiger partial charge in [0.05, 0.1) is 0 Å². The van der Waals surface area contributed by atoms with Crippen LogP contribution in [0.5, 0.6) is 0 Å². The minimum absolute atomic E-state index is 0. The quantitative estimate of drug-likeness (QED) is 0.615. The van der Waals surface area contributed by atoms with Gasteiger partial charge >= 0.3 is 36.9 Å². The predicted octanol–water partition coefficient (Wildman–Crippen LogP) is 2.30. The van der Waals surface area contributed by atoms with Crippen LogP contribution in [-0.2, 0) is 4.57 Å². The molecule has 1 N–H and O–H groups in total. The van der Waals surface area contributed by atoms with E-state index in [2.05, 4.69) is 0 Å². The SMILES string of the molecule is CC(C)c1ccc(C(=O)P(=O)(O)C(=O)c2ccc(C(C)C)cc2)cc1.[H-].[Na+]. The van der Waals surface area contributed by atoms with Crippen LogP contribution in [0, 0.1) is 0 Å². The summed E-state index contributed by atoms with van der Waals surface area (Å²) >= 11 is 0. The average Bonchev–Trinajstić information content (AvgIpc) is 2.60. The first-order valence-corrected chi connectivity index (χ1v) is 9.93. The molecule has 0 spiro atoms. The molecule has 134 valence electrons. The van der Waals surface area contributed by atoms with Crippen molar-refractivity contribution in [2.45, 2.75) is 39.5 Å². The Morgan fingerprint density at radius 2 is 1.04 bits per heavy atom. The third-order valence-corrected chi connectivity index (χ3v) is 5.82. The van der Waals surface area contributed by atoms with Gasteiger partial charge in [-0.15, -0.1) is 0 Å². The van der Waals surface area contributed by atoms with Crippen LogP contribution in [0.25, 0.3) is 0 Å². The van der Waals surface area contributed by atoms with Crippen LogP contribution in [0.15, 0.2) is 48.5 Å². The Labute approximate surface area is 178 Å². The molecule has 0 aliphatic carbocycles. The second-order valence-electron chi connectivity index (χ2n) is 6.74. The minimum atomic E-state index is -4.67. The molecule has 2 rings (SSSR count). The molecule has 0 aliphatic rings. The van der Waals surface area contributed by atoms with Crippen LogP contribution in [-0.4, -0.2) is 15.9 Å². The van der Waals surface area contributed by atoms with Crippen molar-refractivity contribution in [1.29, 1.82) is 0 Å². The van der Waals surface area contributed by atoms with Gasteiger partial charge in [-0.25, -0.2) is 0 Å². The second-order valence-corrected chi connectivity index (χ2v) is 8.70. The Balaban J connectivity index is 0.00000338. The summed E-state index contributed by atoms with van der Waals surface area (Å²) in [5.74, 6) is 0.567. The van der Waals surface area contributed by atoms with E-state index in [1.807, 2.05) is 27.7 Å². The van der Waals surface area contributed by atoms with Gasteiger partial charge < -0.3 is 6.32 Å². The van der Waals surface area contributed by atoms with Crippen LogP contribution < -0.4 is 29.6 Å². The number of carbonyl (C=O) groups excluding carboxylic acids is 2. The maximum Gasteiger partial charge on any atom is 1.00 e. The van der Waals surface area contributed by atoms with Crippen molar-refractivity contribution < 1.29 is 50.0 Å². The third-order valence-electron chi connectivity index (χ3n) is 4.20. The fraction of sp³-hybridized carbons (Fsp3) is 0.300. The molecule has 0 heterocycles.